The second-order valence-electron chi connectivity index (χ2n) is 5.38. The Balaban J connectivity index is 2.03. The van der Waals surface area contributed by atoms with Crippen LogP contribution in [0.2, 0.25) is 0 Å². The molecule has 1 aliphatic rings. The molecule has 2 rings (SSSR count). The Kier molecular flexibility index (Phi) is 4.72. The van der Waals surface area contributed by atoms with Crippen molar-refractivity contribution in [2.75, 3.05) is 13.2 Å². The molecule has 1 aromatic heterocycles. The van der Waals surface area contributed by atoms with Crippen LogP contribution in [0.15, 0.2) is 18.3 Å². The van der Waals surface area contributed by atoms with Gasteiger partial charge in [-0.1, -0.05) is 0 Å². The van der Waals surface area contributed by atoms with Gasteiger partial charge in [0.2, 0.25) is 0 Å². The van der Waals surface area contributed by atoms with Crippen LogP contribution in [0.3, 0.4) is 0 Å². The molecule has 21 heavy (non-hydrogen) atoms. The van der Waals surface area contributed by atoms with Crippen molar-refractivity contribution in [2.45, 2.75) is 31.7 Å². The number of pyridine rings is 1. The molecule has 2 N–H and O–H groups in total. The van der Waals surface area contributed by atoms with Gasteiger partial charge >= 0.3 is 0 Å². The highest BCUT2D eigenvalue weighted by molar-refractivity contribution is 5.93. The molecule has 1 amide bonds. The van der Waals surface area contributed by atoms with Crippen LogP contribution in [0.4, 0.5) is 8.78 Å². The third kappa shape index (κ3) is 4.10. The topological polar surface area (TPSA) is 71.5 Å². The molecule has 116 valence electrons. The van der Waals surface area contributed by atoms with Crippen LogP contribution >= 0.6 is 0 Å². The van der Waals surface area contributed by atoms with Crippen LogP contribution in [-0.4, -0.2) is 41.2 Å². The normalized spacial score (nSPS) is 17.4. The van der Waals surface area contributed by atoms with E-state index < -0.39 is 24.5 Å². The molecule has 1 fully saturated rings. The smallest absolute Gasteiger partial charge is 0.272 e. The lowest BCUT2D eigenvalue weighted by molar-refractivity contribution is 0.0804. The molecule has 7 heteroatoms. The molecule has 0 radical (unpaired) electrons. The van der Waals surface area contributed by atoms with Gasteiger partial charge < -0.3 is 15.2 Å². The van der Waals surface area contributed by atoms with Gasteiger partial charge in [-0.15, -0.1) is 0 Å². The average molecular weight is 300 g/mol. The monoisotopic (exact) mass is 300 g/mol. The van der Waals surface area contributed by atoms with Gasteiger partial charge in [0.1, 0.15) is 18.1 Å². The largest absolute Gasteiger partial charge is 0.488 e. The van der Waals surface area contributed by atoms with E-state index in [-0.39, 0.29) is 24.0 Å². The number of aliphatic hydroxyl groups is 1. The minimum atomic E-state index is -2.58. The van der Waals surface area contributed by atoms with Crippen molar-refractivity contribution in [3.63, 3.8) is 0 Å². The Morgan fingerprint density at radius 1 is 1.62 bits per heavy atom. The lowest BCUT2D eigenvalue weighted by Crippen LogP contribution is -2.50. The molecule has 1 unspecified atom stereocenters. The van der Waals surface area contributed by atoms with Crippen LogP contribution in [0.1, 0.15) is 30.3 Å². The van der Waals surface area contributed by atoms with E-state index in [1.165, 1.54) is 18.3 Å². The van der Waals surface area contributed by atoms with Crippen molar-refractivity contribution in [1.82, 2.24) is 10.3 Å². The maximum Gasteiger partial charge on any atom is 0.272 e. The number of ether oxygens (including phenoxy) is 1. The minimum absolute atomic E-state index is 0.0714. The molecule has 0 spiro atoms. The Morgan fingerprint density at radius 2 is 2.33 bits per heavy atom. The molecule has 0 bridgehead atoms. The highest BCUT2D eigenvalue weighted by Gasteiger charge is 2.42. The zero-order chi connectivity index (χ0) is 15.5. The summed E-state index contributed by atoms with van der Waals surface area (Å²) in [6.45, 7) is 0.881. The number of aliphatic hydroxyl groups excluding tert-OH is 1. The molecular formula is C14H18F2N2O3. The Labute approximate surface area is 121 Å². The first-order chi connectivity index (χ1) is 9.94. The summed E-state index contributed by atoms with van der Waals surface area (Å²) in [6.07, 6.45) is 0.663. The standard InChI is InChI=1S/C14H18F2N2O3/c1-14(8-19,9-2-3-9)18-13(20)11-6-10(4-5-17-11)21-7-12(15)16/h4-6,9,12,19H,2-3,7-8H2,1H3,(H,18,20). The first-order valence-corrected chi connectivity index (χ1v) is 6.75. The van der Waals surface area contributed by atoms with Gasteiger partial charge in [-0.2, -0.15) is 0 Å². The number of nitrogens with one attached hydrogen (secondary N) is 1. The summed E-state index contributed by atoms with van der Waals surface area (Å²) in [5.74, 6) is -0.0433. The predicted octanol–water partition coefficient (Wildman–Crippen LogP) is 1.62. The summed E-state index contributed by atoms with van der Waals surface area (Å²) in [4.78, 5) is 16.1. The summed E-state index contributed by atoms with van der Waals surface area (Å²) in [7, 11) is 0. The number of rotatable bonds is 7. The van der Waals surface area contributed by atoms with E-state index in [2.05, 4.69) is 10.3 Å². The van der Waals surface area contributed by atoms with Crippen molar-refractivity contribution in [2.24, 2.45) is 5.92 Å². The van der Waals surface area contributed by atoms with Crippen LogP contribution in [0, 0.1) is 5.92 Å². The Morgan fingerprint density at radius 3 is 2.90 bits per heavy atom. The van der Waals surface area contributed by atoms with Gasteiger partial charge in [0.05, 0.1) is 12.1 Å². The quantitative estimate of drug-likeness (QED) is 0.802. The zero-order valence-corrected chi connectivity index (χ0v) is 11.7. The molecule has 1 atom stereocenters. The van der Waals surface area contributed by atoms with E-state index in [0.717, 1.165) is 12.8 Å². The lowest BCUT2D eigenvalue weighted by atomic mass is 9.97. The number of hydrogen-bond acceptors (Lipinski definition) is 4. The molecule has 1 saturated carbocycles. The third-order valence-electron chi connectivity index (χ3n) is 3.55. The lowest BCUT2D eigenvalue weighted by Gasteiger charge is -2.28. The summed E-state index contributed by atoms with van der Waals surface area (Å²) < 4.78 is 29.0. The van der Waals surface area contributed by atoms with Crippen LogP contribution in [0.5, 0.6) is 5.75 Å². The second-order valence-corrected chi connectivity index (χ2v) is 5.38. The van der Waals surface area contributed by atoms with Gasteiger partial charge in [0.15, 0.2) is 0 Å². The van der Waals surface area contributed by atoms with E-state index in [0.29, 0.717) is 0 Å². The van der Waals surface area contributed by atoms with E-state index in [9.17, 15) is 18.7 Å². The van der Waals surface area contributed by atoms with E-state index in [4.69, 9.17) is 4.74 Å². The van der Waals surface area contributed by atoms with Crippen LogP contribution in [0.25, 0.3) is 0 Å². The first-order valence-electron chi connectivity index (χ1n) is 6.75. The van der Waals surface area contributed by atoms with E-state index in [1.54, 1.807) is 6.92 Å². The third-order valence-corrected chi connectivity index (χ3v) is 3.55. The number of carbonyl (C=O) groups excluding carboxylic acids is 1. The maximum atomic E-state index is 12.2. The van der Waals surface area contributed by atoms with E-state index >= 15 is 0 Å². The van der Waals surface area contributed by atoms with Crippen molar-refractivity contribution in [1.29, 1.82) is 0 Å². The number of aromatic nitrogens is 1. The Hall–Kier alpha value is -1.76. The molecule has 1 aliphatic carbocycles. The first kappa shape index (κ1) is 15.6. The number of amides is 1. The Bertz CT molecular complexity index is 509. The highest BCUT2D eigenvalue weighted by atomic mass is 19.3. The van der Waals surface area contributed by atoms with Gasteiger partial charge in [-0.3, -0.25) is 9.78 Å². The van der Waals surface area contributed by atoms with Gasteiger partial charge in [-0.25, -0.2) is 8.78 Å². The van der Waals surface area contributed by atoms with Gasteiger partial charge in [0.25, 0.3) is 12.3 Å². The van der Waals surface area contributed by atoms with Gasteiger partial charge in [-0.05, 0) is 31.7 Å². The van der Waals surface area contributed by atoms with Gasteiger partial charge in [0, 0.05) is 12.3 Å². The predicted molar refractivity (Wildman–Crippen MR) is 71.4 cm³/mol. The summed E-state index contributed by atoms with van der Waals surface area (Å²) in [5, 5.41) is 12.2. The zero-order valence-electron chi connectivity index (χ0n) is 11.7. The molecule has 0 saturated heterocycles. The molecule has 1 heterocycles. The number of nitrogens with zero attached hydrogens (tertiary/aromatic N) is 1. The molecule has 5 nitrogen and oxygen atoms in total. The summed E-state index contributed by atoms with van der Waals surface area (Å²) >= 11 is 0. The fraction of sp³-hybridized carbons (Fsp3) is 0.571. The fourth-order valence-electron chi connectivity index (χ4n) is 2.10. The molecule has 1 aromatic rings. The second kappa shape index (κ2) is 6.34. The number of hydrogen-bond donors (Lipinski definition) is 2. The molecule has 0 aromatic carbocycles. The minimum Gasteiger partial charge on any atom is -0.488 e. The molecular weight excluding hydrogens is 282 g/mol. The number of alkyl halides is 2. The van der Waals surface area contributed by atoms with Crippen LogP contribution < -0.4 is 10.1 Å². The van der Waals surface area contributed by atoms with Crippen molar-refractivity contribution in [3.8, 4) is 5.75 Å². The van der Waals surface area contributed by atoms with Crippen LogP contribution in [-0.2, 0) is 0 Å². The average Bonchev–Trinajstić information content (AvgIpc) is 3.30. The van der Waals surface area contributed by atoms with Crippen molar-refractivity contribution in [3.05, 3.63) is 24.0 Å². The maximum absolute atomic E-state index is 12.2. The van der Waals surface area contributed by atoms with Crippen molar-refractivity contribution < 1.29 is 23.4 Å². The summed E-state index contributed by atoms with van der Waals surface area (Å²) in [6, 6.07) is 2.72. The number of halogens is 2. The number of carbonyl (C=O) groups is 1. The molecule has 0 aliphatic heterocycles. The van der Waals surface area contributed by atoms with E-state index in [1.807, 2.05) is 0 Å². The summed E-state index contributed by atoms with van der Waals surface area (Å²) in [5.41, 5.74) is -0.611. The van der Waals surface area contributed by atoms with Crippen molar-refractivity contribution >= 4 is 5.91 Å². The highest BCUT2D eigenvalue weighted by Crippen LogP contribution is 2.39. The fourth-order valence-corrected chi connectivity index (χ4v) is 2.10. The SMILES string of the molecule is CC(CO)(NC(=O)c1cc(OCC(F)F)ccn1)C1CC1.